The summed E-state index contributed by atoms with van der Waals surface area (Å²) in [5.74, 6) is -0.411. The van der Waals surface area contributed by atoms with Crippen molar-refractivity contribution in [1.29, 1.82) is 0 Å². The molecule has 2 aromatic carbocycles. The number of halogens is 1. The number of benzene rings is 2. The minimum atomic E-state index is -0.726. The molecular weight excluding hydrogens is 574 g/mol. The Bertz CT molecular complexity index is 1640. The number of thiazole rings is 1. The highest BCUT2D eigenvalue weighted by Crippen LogP contribution is 2.37. The Hall–Kier alpha value is -3.57. The molecule has 0 amide bonds. The van der Waals surface area contributed by atoms with Gasteiger partial charge >= 0.3 is 11.7 Å². The molecule has 11 heteroatoms. The van der Waals surface area contributed by atoms with Gasteiger partial charge in [-0.2, -0.15) is 0 Å². The normalized spacial score (nSPS) is 15.3. The Morgan fingerprint density at radius 2 is 1.95 bits per heavy atom. The lowest BCUT2D eigenvalue weighted by atomic mass is 9.95. The van der Waals surface area contributed by atoms with Gasteiger partial charge in [-0.25, -0.2) is 9.79 Å². The van der Waals surface area contributed by atoms with Gasteiger partial charge in [0.2, 0.25) is 5.75 Å². The lowest BCUT2D eigenvalue weighted by Crippen LogP contribution is -2.39. The predicted molar refractivity (Wildman–Crippen MR) is 148 cm³/mol. The van der Waals surface area contributed by atoms with Crippen LogP contribution in [-0.4, -0.2) is 28.2 Å². The molecule has 3 aromatic rings. The van der Waals surface area contributed by atoms with E-state index in [1.165, 1.54) is 10.6 Å². The van der Waals surface area contributed by atoms with E-state index in [4.69, 9.17) is 9.47 Å². The van der Waals surface area contributed by atoms with Crippen molar-refractivity contribution in [2.45, 2.75) is 46.8 Å². The van der Waals surface area contributed by atoms with Crippen molar-refractivity contribution in [2.75, 3.05) is 6.61 Å². The molecule has 1 aromatic heterocycles. The highest BCUT2D eigenvalue weighted by molar-refractivity contribution is 9.10. The fourth-order valence-electron chi connectivity index (χ4n) is 4.18. The van der Waals surface area contributed by atoms with Crippen LogP contribution in [0.5, 0.6) is 5.75 Å². The molecule has 0 bridgehead atoms. The smallest absolute Gasteiger partial charge is 0.338 e. The van der Waals surface area contributed by atoms with Gasteiger partial charge in [-0.3, -0.25) is 19.5 Å². The van der Waals surface area contributed by atoms with Gasteiger partial charge in [0.15, 0.2) is 4.80 Å². The summed E-state index contributed by atoms with van der Waals surface area (Å²) in [6, 6.07) is 9.90. The molecule has 4 rings (SSSR count). The fraction of sp³-hybridized carbons (Fsp3) is 0.296. The molecule has 0 spiro atoms. The van der Waals surface area contributed by atoms with Gasteiger partial charge in [0.05, 0.1) is 44.0 Å². The van der Waals surface area contributed by atoms with Gasteiger partial charge in [-0.1, -0.05) is 41.2 Å². The predicted octanol–water partition coefficient (Wildman–Crippen LogP) is 4.56. The molecular formula is C27H26BrN3O6S. The van der Waals surface area contributed by atoms with Crippen molar-refractivity contribution in [1.82, 2.24) is 4.57 Å². The Balaban J connectivity index is 1.93. The van der Waals surface area contributed by atoms with Crippen LogP contribution in [0.15, 0.2) is 61.9 Å². The number of aromatic nitrogens is 1. The van der Waals surface area contributed by atoms with Crippen molar-refractivity contribution in [3.63, 3.8) is 0 Å². The highest BCUT2D eigenvalue weighted by Gasteiger charge is 2.33. The second-order valence-electron chi connectivity index (χ2n) is 8.99. The molecule has 38 heavy (non-hydrogen) atoms. The first-order valence-corrected chi connectivity index (χ1v) is 13.5. The number of ether oxygens (including phenoxy) is 2. The third kappa shape index (κ3) is 5.34. The number of fused-ring (bicyclic) bond motifs is 1. The topological polar surface area (TPSA) is 113 Å². The van der Waals surface area contributed by atoms with E-state index in [0.717, 1.165) is 22.5 Å². The quantitative estimate of drug-likeness (QED) is 0.223. The van der Waals surface area contributed by atoms with Crippen LogP contribution in [0.25, 0.3) is 6.08 Å². The number of esters is 1. The minimum absolute atomic E-state index is 0.123. The number of aryl methyl sites for hydroxylation is 1. The number of carbonyl (C=O) groups excluding carboxylic acids is 1. The third-order valence-electron chi connectivity index (χ3n) is 5.80. The second-order valence-corrected chi connectivity index (χ2v) is 10.9. The minimum Gasteiger partial charge on any atom is -0.483 e. The van der Waals surface area contributed by atoms with E-state index in [1.807, 2.05) is 31.2 Å². The molecule has 0 unspecified atom stereocenters. The van der Waals surface area contributed by atoms with Gasteiger partial charge in [0.25, 0.3) is 5.56 Å². The van der Waals surface area contributed by atoms with Crippen molar-refractivity contribution in [3.05, 3.63) is 98.6 Å². The number of nitro groups is 1. The molecule has 9 nitrogen and oxygen atoms in total. The van der Waals surface area contributed by atoms with Gasteiger partial charge < -0.3 is 9.47 Å². The number of rotatable bonds is 7. The maximum Gasteiger partial charge on any atom is 0.338 e. The zero-order valence-electron chi connectivity index (χ0n) is 21.5. The first kappa shape index (κ1) is 27.5. The van der Waals surface area contributed by atoms with Gasteiger partial charge in [-0.15, -0.1) is 0 Å². The van der Waals surface area contributed by atoms with E-state index in [9.17, 15) is 19.7 Å². The Morgan fingerprint density at radius 1 is 1.26 bits per heavy atom. The van der Waals surface area contributed by atoms with E-state index in [2.05, 4.69) is 20.9 Å². The van der Waals surface area contributed by atoms with Crippen molar-refractivity contribution < 1.29 is 19.2 Å². The van der Waals surface area contributed by atoms with Gasteiger partial charge in [0.1, 0.15) is 0 Å². The van der Waals surface area contributed by atoms with Gasteiger partial charge in [0, 0.05) is 6.07 Å². The van der Waals surface area contributed by atoms with E-state index in [-0.39, 0.29) is 29.7 Å². The summed E-state index contributed by atoms with van der Waals surface area (Å²) < 4.78 is 13.2. The largest absolute Gasteiger partial charge is 0.483 e. The summed E-state index contributed by atoms with van der Waals surface area (Å²) >= 11 is 4.52. The van der Waals surface area contributed by atoms with Crippen LogP contribution in [-0.2, 0) is 9.53 Å². The van der Waals surface area contributed by atoms with E-state index in [0.29, 0.717) is 30.6 Å². The van der Waals surface area contributed by atoms with Crippen LogP contribution in [0, 0.1) is 17.0 Å². The van der Waals surface area contributed by atoms with Crippen molar-refractivity contribution in [3.8, 4) is 5.75 Å². The van der Waals surface area contributed by atoms with Gasteiger partial charge in [-0.05, 0) is 73.8 Å². The van der Waals surface area contributed by atoms with Crippen molar-refractivity contribution in [2.24, 2.45) is 4.99 Å². The molecule has 2 heterocycles. The summed E-state index contributed by atoms with van der Waals surface area (Å²) in [5.41, 5.74) is 2.41. The van der Waals surface area contributed by atoms with Crippen LogP contribution in [0.3, 0.4) is 0 Å². The summed E-state index contributed by atoms with van der Waals surface area (Å²) in [7, 11) is 0. The highest BCUT2D eigenvalue weighted by atomic mass is 79.9. The molecule has 0 N–H and O–H groups in total. The van der Waals surface area contributed by atoms with E-state index < -0.39 is 16.9 Å². The molecule has 0 radical (unpaired) electrons. The molecule has 1 aliphatic rings. The maximum absolute atomic E-state index is 13.8. The third-order valence-corrected chi connectivity index (χ3v) is 7.38. The number of carbonyl (C=O) groups is 1. The first-order valence-electron chi connectivity index (χ1n) is 11.9. The van der Waals surface area contributed by atoms with Crippen LogP contribution >= 0.6 is 27.3 Å². The summed E-state index contributed by atoms with van der Waals surface area (Å²) in [6.45, 7) is 9.14. The zero-order chi connectivity index (χ0) is 27.7. The SMILES string of the molecule is CCOC(=O)C1=C(C)N=c2s/c(=C\c3cc(Br)c(OC(C)C)c([N+](=O)[O-])c3)c(=O)n2[C@H]1c1ccc(C)cc1. The number of hydrogen-bond donors (Lipinski definition) is 0. The lowest BCUT2D eigenvalue weighted by Gasteiger charge is -2.24. The monoisotopic (exact) mass is 599 g/mol. The van der Waals surface area contributed by atoms with Crippen LogP contribution in [0.4, 0.5) is 5.69 Å². The molecule has 0 fully saturated rings. The Labute approximate surface area is 231 Å². The number of nitro benzene ring substituents is 1. The Kier molecular flexibility index (Phi) is 7.98. The van der Waals surface area contributed by atoms with Crippen molar-refractivity contribution >= 4 is 45.0 Å². The average Bonchev–Trinajstić information content (AvgIpc) is 3.14. The second kappa shape index (κ2) is 11.0. The standard InChI is InChI=1S/C27H26BrN3O6S/c1-6-36-26(33)22-16(5)29-27-30(23(22)18-9-7-15(4)8-10-18)25(32)21(38-27)13-17-11-19(28)24(37-14(2)3)20(12-17)31(34)35/h7-14,23H,6H2,1-5H3/b21-13-/t23-/m0/s1. The molecule has 0 aliphatic carbocycles. The molecule has 1 aliphatic heterocycles. The number of allylic oxidation sites excluding steroid dienone is 1. The number of nitrogens with zero attached hydrogens (tertiary/aromatic N) is 3. The van der Waals surface area contributed by atoms with Crippen LogP contribution in [0.2, 0.25) is 0 Å². The summed E-state index contributed by atoms with van der Waals surface area (Å²) in [6.07, 6.45) is 1.31. The van der Waals surface area contributed by atoms with Crippen LogP contribution in [0.1, 0.15) is 50.4 Å². The molecule has 1 atom stereocenters. The number of hydrogen-bond acceptors (Lipinski definition) is 8. The average molecular weight is 600 g/mol. The first-order chi connectivity index (χ1) is 18.0. The molecule has 0 saturated carbocycles. The summed E-state index contributed by atoms with van der Waals surface area (Å²) in [4.78, 5) is 43.0. The maximum atomic E-state index is 13.8. The zero-order valence-corrected chi connectivity index (χ0v) is 23.9. The van der Waals surface area contributed by atoms with Crippen LogP contribution < -0.4 is 19.6 Å². The fourth-order valence-corrected chi connectivity index (χ4v) is 5.79. The Morgan fingerprint density at radius 3 is 2.55 bits per heavy atom. The molecule has 198 valence electrons. The molecule has 0 saturated heterocycles. The van der Waals surface area contributed by atoms with E-state index >= 15 is 0 Å². The van der Waals surface area contributed by atoms with E-state index in [1.54, 1.807) is 39.8 Å². The lowest BCUT2D eigenvalue weighted by molar-refractivity contribution is -0.386. The summed E-state index contributed by atoms with van der Waals surface area (Å²) in [5, 5.41) is 11.8.